The molecular weight excluding hydrogens is 543 g/mol. The first-order valence-corrected chi connectivity index (χ1v) is 13.6. The fraction of sp³-hybridized carbons (Fsp3) is 0.250. The predicted octanol–water partition coefficient (Wildman–Crippen LogP) is 5.25. The van der Waals surface area contributed by atoms with Gasteiger partial charge in [-0.05, 0) is 67.1 Å². The van der Waals surface area contributed by atoms with E-state index in [1.54, 1.807) is 4.57 Å². The number of rotatable bonds is 9. The summed E-state index contributed by atoms with van der Waals surface area (Å²) in [6.45, 7) is 3.98. The number of nitrogens with one attached hydrogen (secondary N) is 1. The molecule has 0 unspecified atom stereocenters. The van der Waals surface area contributed by atoms with E-state index in [2.05, 4.69) is 17.1 Å². The largest absolute Gasteiger partial charge is 0.490 e. The molecule has 1 N–H and O–H groups in total. The summed E-state index contributed by atoms with van der Waals surface area (Å²) in [7, 11) is 0. The molecule has 9 heteroatoms. The van der Waals surface area contributed by atoms with Crippen LogP contribution in [0.25, 0.3) is 28.2 Å². The maximum Gasteiger partial charge on any atom is 0.439 e. The number of nitrogens with zero attached hydrogens (tertiary/aromatic N) is 3. The van der Waals surface area contributed by atoms with Gasteiger partial charge in [0.1, 0.15) is 11.6 Å². The first-order chi connectivity index (χ1) is 19.5. The predicted molar refractivity (Wildman–Crippen MR) is 159 cm³/mol. The molecule has 0 amide bonds. The molecule has 0 spiro atoms. The van der Waals surface area contributed by atoms with Crippen molar-refractivity contribution in [3.05, 3.63) is 116 Å². The molecule has 203 valence electrons. The summed E-state index contributed by atoms with van der Waals surface area (Å²) >= 11 is 0. The number of aromatic amines is 1. The van der Waals surface area contributed by atoms with E-state index >= 15 is 0 Å². The summed E-state index contributed by atoms with van der Waals surface area (Å²) in [6.07, 6.45) is 4.63. The van der Waals surface area contributed by atoms with Gasteiger partial charge in [0, 0.05) is 68.9 Å². The fourth-order valence-electron chi connectivity index (χ4n) is 4.99. The summed E-state index contributed by atoms with van der Waals surface area (Å²) in [5.74, 6) is 1.28. The Morgan fingerprint density at radius 3 is 2.32 bits per heavy atom. The summed E-state index contributed by atoms with van der Waals surface area (Å²) in [5, 5.41) is 3.85. The Balaban J connectivity index is 0.00000337. The molecule has 41 heavy (non-hydrogen) atoms. The molecule has 0 saturated heterocycles. The van der Waals surface area contributed by atoms with Crippen LogP contribution in [0, 0.1) is 6.92 Å². The quantitative estimate of drug-likeness (QED) is 0.242. The zero-order valence-corrected chi connectivity index (χ0v) is 26.6. The van der Waals surface area contributed by atoms with Crippen molar-refractivity contribution in [3.8, 4) is 34.0 Å². The van der Waals surface area contributed by atoms with Crippen LogP contribution in [0.3, 0.4) is 0 Å². The number of ether oxygens (including phenoxy) is 1. The molecule has 1 aliphatic rings. The van der Waals surface area contributed by atoms with Gasteiger partial charge in [-0.2, -0.15) is 0 Å². The second kappa shape index (κ2) is 12.8. The molecule has 1 aliphatic carbocycles. The van der Waals surface area contributed by atoms with Gasteiger partial charge in [0.25, 0.3) is 5.56 Å². The molecule has 3 aromatic carbocycles. The van der Waals surface area contributed by atoms with E-state index in [1.807, 2.05) is 79.7 Å². The van der Waals surface area contributed by atoms with Crippen LogP contribution in [0.5, 0.6) is 5.75 Å². The SMILES string of the molecule is CCCc1nc(C)n(-c2ccc(OC3CC3)cc2)c(=O)c1Cc1ccc(-c2ccccc2-c2noc(=O)[nH]2)cc1.[K]. The molecule has 1 saturated carbocycles. The van der Waals surface area contributed by atoms with Crippen LogP contribution in [0.4, 0.5) is 0 Å². The van der Waals surface area contributed by atoms with Gasteiger partial charge in [0.2, 0.25) is 0 Å². The zero-order valence-electron chi connectivity index (χ0n) is 23.5. The molecule has 1 fully saturated rings. The van der Waals surface area contributed by atoms with Gasteiger partial charge in [-0.3, -0.25) is 18.9 Å². The third kappa shape index (κ3) is 6.55. The van der Waals surface area contributed by atoms with E-state index in [0.717, 1.165) is 65.1 Å². The van der Waals surface area contributed by atoms with Gasteiger partial charge in [0.05, 0.1) is 17.5 Å². The van der Waals surface area contributed by atoms with Crippen molar-refractivity contribution in [3.63, 3.8) is 0 Å². The minimum Gasteiger partial charge on any atom is -0.490 e. The van der Waals surface area contributed by atoms with E-state index in [1.165, 1.54) is 0 Å². The van der Waals surface area contributed by atoms with Crippen molar-refractivity contribution in [1.82, 2.24) is 19.7 Å². The maximum absolute atomic E-state index is 13.9. The van der Waals surface area contributed by atoms with Gasteiger partial charge in [-0.15, -0.1) is 0 Å². The number of hydrogen-bond donors (Lipinski definition) is 1. The Bertz CT molecular complexity index is 1770. The second-order valence-electron chi connectivity index (χ2n) is 10.1. The molecule has 0 bridgehead atoms. The Hall–Kier alpha value is -3.08. The molecular formula is C32H30KN4O4. The molecule has 2 aromatic heterocycles. The van der Waals surface area contributed by atoms with Crippen molar-refractivity contribution >= 4 is 51.4 Å². The van der Waals surface area contributed by atoms with Gasteiger partial charge < -0.3 is 4.74 Å². The van der Waals surface area contributed by atoms with E-state index in [9.17, 15) is 9.59 Å². The fourth-order valence-corrected chi connectivity index (χ4v) is 4.99. The number of benzene rings is 3. The molecule has 0 atom stereocenters. The summed E-state index contributed by atoms with van der Waals surface area (Å²) in [4.78, 5) is 32.9. The number of H-pyrrole nitrogens is 1. The molecule has 1 radical (unpaired) electrons. The Labute approximate surface area is 280 Å². The molecule has 6 rings (SSSR count). The maximum atomic E-state index is 13.9. The zero-order chi connectivity index (χ0) is 27.6. The Morgan fingerprint density at radius 2 is 1.68 bits per heavy atom. The van der Waals surface area contributed by atoms with Crippen molar-refractivity contribution in [2.45, 2.75) is 52.1 Å². The standard InChI is InChI=1S/C32H30N4O4.K/c1-3-6-29-28(31(37)36(20(2)33-29)23-13-15-24(16-14-23)39-25-17-18-25)19-21-9-11-22(12-10-21)26-7-4-5-8-27(26)30-34-32(38)40-35-30;/h4-5,7-16,25H,3,6,17-19H2,1-2H3,(H,34,35,38);. The minimum absolute atomic E-state index is 0. The van der Waals surface area contributed by atoms with Crippen LogP contribution in [-0.4, -0.2) is 77.2 Å². The summed E-state index contributed by atoms with van der Waals surface area (Å²) in [6, 6.07) is 23.5. The molecule has 8 nitrogen and oxygen atoms in total. The average molecular weight is 574 g/mol. The monoisotopic (exact) mass is 573 g/mol. The van der Waals surface area contributed by atoms with Crippen molar-refractivity contribution in [2.24, 2.45) is 0 Å². The third-order valence-electron chi connectivity index (χ3n) is 7.11. The van der Waals surface area contributed by atoms with Gasteiger partial charge >= 0.3 is 5.76 Å². The van der Waals surface area contributed by atoms with Gasteiger partial charge in [-0.1, -0.05) is 67.0 Å². The third-order valence-corrected chi connectivity index (χ3v) is 7.11. The van der Waals surface area contributed by atoms with Crippen LogP contribution < -0.4 is 16.1 Å². The second-order valence-corrected chi connectivity index (χ2v) is 10.1. The summed E-state index contributed by atoms with van der Waals surface area (Å²) in [5.41, 5.74) is 5.94. The topological polar surface area (TPSA) is 103 Å². The first-order valence-electron chi connectivity index (χ1n) is 13.6. The summed E-state index contributed by atoms with van der Waals surface area (Å²) < 4.78 is 12.3. The van der Waals surface area contributed by atoms with E-state index in [4.69, 9.17) is 14.2 Å². The van der Waals surface area contributed by atoms with E-state index < -0.39 is 5.76 Å². The van der Waals surface area contributed by atoms with Crippen LogP contribution in [0.1, 0.15) is 48.8 Å². The van der Waals surface area contributed by atoms with Crippen molar-refractivity contribution < 1.29 is 9.26 Å². The van der Waals surface area contributed by atoms with Crippen molar-refractivity contribution in [1.29, 1.82) is 0 Å². The number of hydrogen-bond acceptors (Lipinski definition) is 6. The normalized spacial score (nSPS) is 12.6. The van der Waals surface area contributed by atoms with Crippen molar-refractivity contribution in [2.75, 3.05) is 0 Å². The van der Waals surface area contributed by atoms with Gasteiger partial charge in [0.15, 0.2) is 5.82 Å². The minimum atomic E-state index is -0.595. The first kappa shape index (κ1) is 29.4. The molecule has 0 aliphatic heterocycles. The van der Waals surface area contributed by atoms with Crippen LogP contribution >= 0.6 is 0 Å². The van der Waals surface area contributed by atoms with Crippen LogP contribution in [-0.2, 0) is 12.8 Å². The average Bonchev–Trinajstić information content (AvgIpc) is 3.68. The van der Waals surface area contributed by atoms with Crippen LogP contribution in [0.15, 0.2) is 86.9 Å². The number of aromatic nitrogens is 4. The smallest absolute Gasteiger partial charge is 0.439 e. The molecule has 2 heterocycles. The Morgan fingerprint density at radius 1 is 0.976 bits per heavy atom. The van der Waals surface area contributed by atoms with Crippen LogP contribution in [0.2, 0.25) is 0 Å². The number of aryl methyl sites for hydroxylation is 2. The molecule has 5 aromatic rings. The van der Waals surface area contributed by atoms with Gasteiger partial charge in [-0.25, -0.2) is 9.78 Å². The van der Waals surface area contributed by atoms with E-state index in [0.29, 0.717) is 29.7 Å². The van der Waals surface area contributed by atoms with E-state index in [-0.39, 0.29) is 56.9 Å². The Kier molecular flexibility index (Phi) is 9.21.